The van der Waals surface area contributed by atoms with E-state index in [1.54, 1.807) is 0 Å². The van der Waals surface area contributed by atoms with Crippen LogP contribution >= 0.6 is 0 Å². The second-order valence-corrected chi connectivity index (χ2v) is 6.62. The molecule has 0 spiro atoms. The molecular formula is C16H24N4O2. The highest BCUT2D eigenvalue weighted by Gasteiger charge is 2.34. The van der Waals surface area contributed by atoms with Crippen LogP contribution in [0.4, 0.5) is 0 Å². The Balaban J connectivity index is 1.44. The van der Waals surface area contributed by atoms with Gasteiger partial charge in [-0.2, -0.15) is 0 Å². The van der Waals surface area contributed by atoms with Gasteiger partial charge in [0.1, 0.15) is 5.76 Å². The number of hydrogen-bond acceptors (Lipinski definition) is 5. The van der Waals surface area contributed by atoms with Gasteiger partial charge in [0.2, 0.25) is 0 Å². The molecule has 3 heterocycles. The van der Waals surface area contributed by atoms with Crippen molar-refractivity contribution in [2.45, 2.75) is 38.1 Å². The highest BCUT2D eigenvalue weighted by Crippen LogP contribution is 2.26. The van der Waals surface area contributed by atoms with Crippen molar-refractivity contribution in [1.29, 1.82) is 0 Å². The summed E-state index contributed by atoms with van der Waals surface area (Å²) in [4.78, 5) is 17.3. The average molecular weight is 304 g/mol. The lowest BCUT2D eigenvalue weighted by Crippen LogP contribution is -2.49. The van der Waals surface area contributed by atoms with Crippen molar-refractivity contribution in [2.75, 3.05) is 39.3 Å². The third-order valence-corrected chi connectivity index (χ3v) is 5.27. The van der Waals surface area contributed by atoms with Crippen molar-refractivity contribution < 1.29 is 9.32 Å². The molecule has 2 saturated heterocycles. The second-order valence-electron chi connectivity index (χ2n) is 6.62. The number of carbonyl (C=O) groups excluding carboxylic acids is 1. The van der Waals surface area contributed by atoms with Gasteiger partial charge in [-0.25, -0.2) is 0 Å². The van der Waals surface area contributed by atoms with Gasteiger partial charge in [-0.3, -0.25) is 9.69 Å². The summed E-state index contributed by atoms with van der Waals surface area (Å²) >= 11 is 0. The van der Waals surface area contributed by atoms with Crippen LogP contribution in [-0.4, -0.2) is 66.2 Å². The van der Waals surface area contributed by atoms with Crippen LogP contribution in [0.25, 0.3) is 0 Å². The van der Waals surface area contributed by atoms with Gasteiger partial charge in [0, 0.05) is 57.3 Å². The van der Waals surface area contributed by atoms with Crippen LogP contribution in [0.1, 0.15) is 41.1 Å². The Hall–Kier alpha value is -1.40. The molecule has 1 aliphatic carbocycles. The van der Waals surface area contributed by atoms with Crippen LogP contribution in [0.15, 0.2) is 4.52 Å². The Morgan fingerprint density at radius 2 is 2.00 bits per heavy atom. The van der Waals surface area contributed by atoms with E-state index in [-0.39, 0.29) is 5.91 Å². The summed E-state index contributed by atoms with van der Waals surface area (Å²) in [6, 6.07) is 0.508. The molecule has 2 fully saturated rings. The maximum absolute atomic E-state index is 12.8. The normalized spacial score (nSPS) is 26.2. The van der Waals surface area contributed by atoms with Crippen LogP contribution in [0.3, 0.4) is 0 Å². The maximum Gasteiger partial charge on any atom is 0.276 e. The van der Waals surface area contributed by atoms with Crippen molar-refractivity contribution in [3.8, 4) is 0 Å². The van der Waals surface area contributed by atoms with Crippen LogP contribution in [0.5, 0.6) is 0 Å². The quantitative estimate of drug-likeness (QED) is 0.870. The third kappa shape index (κ3) is 2.54. The van der Waals surface area contributed by atoms with Crippen LogP contribution < -0.4 is 5.32 Å². The fraction of sp³-hybridized carbons (Fsp3) is 0.750. The van der Waals surface area contributed by atoms with E-state index in [1.165, 1.54) is 0 Å². The zero-order valence-electron chi connectivity index (χ0n) is 13.0. The number of likely N-dealkylation sites (tertiary alicyclic amines) is 1. The van der Waals surface area contributed by atoms with Gasteiger partial charge in [0.15, 0.2) is 5.69 Å². The zero-order chi connectivity index (χ0) is 14.9. The number of nitrogens with zero attached hydrogens (tertiary/aromatic N) is 3. The predicted molar refractivity (Wildman–Crippen MR) is 81.9 cm³/mol. The van der Waals surface area contributed by atoms with E-state index in [4.69, 9.17) is 4.52 Å². The van der Waals surface area contributed by atoms with Crippen LogP contribution in [-0.2, 0) is 12.8 Å². The van der Waals surface area contributed by atoms with Crippen molar-refractivity contribution in [3.63, 3.8) is 0 Å². The van der Waals surface area contributed by atoms with Crippen molar-refractivity contribution in [2.24, 2.45) is 0 Å². The third-order valence-electron chi connectivity index (χ3n) is 5.27. The van der Waals surface area contributed by atoms with E-state index < -0.39 is 0 Å². The van der Waals surface area contributed by atoms with E-state index in [2.05, 4.69) is 15.4 Å². The fourth-order valence-corrected chi connectivity index (χ4v) is 3.97. The molecular weight excluding hydrogens is 280 g/mol. The van der Waals surface area contributed by atoms with E-state index >= 15 is 0 Å². The molecule has 1 unspecified atom stereocenters. The summed E-state index contributed by atoms with van der Waals surface area (Å²) in [6.45, 7) is 5.97. The molecule has 1 atom stereocenters. The average Bonchev–Trinajstić information content (AvgIpc) is 3.22. The molecule has 6 nitrogen and oxygen atoms in total. The van der Waals surface area contributed by atoms with Crippen LogP contribution in [0, 0.1) is 0 Å². The van der Waals surface area contributed by atoms with Crippen molar-refractivity contribution >= 4 is 5.91 Å². The standard InChI is InChI=1S/C16H24N4O2/c21-16(15-13-3-1-2-4-14(13)22-18-15)20-8-5-12(11-20)19-9-6-17-7-10-19/h12,17H,1-11H2. The first-order valence-electron chi connectivity index (χ1n) is 8.54. The molecule has 3 aliphatic rings. The Bertz CT molecular complexity index is 550. The molecule has 1 aromatic heterocycles. The molecule has 2 aliphatic heterocycles. The Labute approximate surface area is 130 Å². The van der Waals surface area contributed by atoms with Gasteiger partial charge in [0.05, 0.1) is 0 Å². The largest absolute Gasteiger partial charge is 0.360 e. The summed E-state index contributed by atoms with van der Waals surface area (Å²) in [7, 11) is 0. The SMILES string of the molecule is O=C(c1noc2c1CCCC2)N1CCC(N2CCNCC2)C1. The van der Waals surface area contributed by atoms with E-state index in [1.807, 2.05) is 4.90 Å². The molecule has 22 heavy (non-hydrogen) atoms. The number of amides is 1. The first-order chi connectivity index (χ1) is 10.8. The van der Waals surface area contributed by atoms with Gasteiger partial charge < -0.3 is 14.7 Å². The lowest BCUT2D eigenvalue weighted by atomic mass is 9.96. The van der Waals surface area contributed by atoms with E-state index in [0.717, 1.165) is 82.7 Å². The molecule has 1 aromatic rings. The fourth-order valence-electron chi connectivity index (χ4n) is 3.97. The number of rotatable bonds is 2. The van der Waals surface area contributed by atoms with Gasteiger partial charge in [0.25, 0.3) is 5.91 Å². The number of fused-ring (bicyclic) bond motifs is 1. The Kier molecular flexibility index (Phi) is 3.88. The minimum absolute atomic E-state index is 0.0736. The lowest BCUT2D eigenvalue weighted by molar-refractivity contribution is 0.0762. The van der Waals surface area contributed by atoms with Crippen molar-refractivity contribution in [1.82, 2.24) is 20.3 Å². The number of piperazine rings is 1. The summed E-state index contributed by atoms with van der Waals surface area (Å²) in [5.41, 5.74) is 1.65. The first kappa shape index (κ1) is 14.2. The van der Waals surface area contributed by atoms with Gasteiger partial charge in [-0.1, -0.05) is 5.16 Å². The molecule has 0 bridgehead atoms. The zero-order valence-corrected chi connectivity index (χ0v) is 13.0. The summed E-state index contributed by atoms with van der Waals surface area (Å²) in [5.74, 6) is 1.01. The highest BCUT2D eigenvalue weighted by atomic mass is 16.5. The summed E-state index contributed by atoms with van der Waals surface area (Å²) < 4.78 is 5.39. The van der Waals surface area contributed by atoms with Gasteiger partial charge in [-0.15, -0.1) is 0 Å². The predicted octanol–water partition coefficient (Wildman–Crippen LogP) is 0.673. The molecule has 0 radical (unpaired) electrons. The number of nitrogens with one attached hydrogen (secondary N) is 1. The molecule has 1 N–H and O–H groups in total. The number of carbonyl (C=O) groups is 1. The monoisotopic (exact) mass is 304 g/mol. The maximum atomic E-state index is 12.8. The Morgan fingerprint density at radius 3 is 2.86 bits per heavy atom. The second kappa shape index (κ2) is 6.01. The highest BCUT2D eigenvalue weighted by molar-refractivity contribution is 5.94. The minimum atomic E-state index is 0.0736. The summed E-state index contributed by atoms with van der Waals surface area (Å²) in [5, 5.41) is 7.47. The van der Waals surface area contributed by atoms with Gasteiger partial charge >= 0.3 is 0 Å². The smallest absolute Gasteiger partial charge is 0.276 e. The molecule has 4 rings (SSSR count). The molecule has 0 saturated carbocycles. The topological polar surface area (TPSA) is 61.6 Å². The van der Waals surface area contributed by atoms with Crippen LogP contribution in [0.2, 0.25) is 0 Å². The lowest BCUT2D eigenvalue weighted by Gasteiger charge is -2.32. The summed E-state index contributed by atoms with van der Waals surface area (Å²) in [6.07, 6.45) is 5.22. The van der Waals surface area contributed by atoms with E-state index in [0.29, 0.717) is 11.7 Å². The van der Waals surface area contributed by atoms with Gasteiger partial charge in [-0.05, 0) is 25.7 Å². The first-order valence-corrected chi connectivity index (χ1v) is 8.54. The molecule has 6 heteroatoms. The molecule has 120 valence electrons. The minimum Gasteiger partial charge on any atom is -0.360 e. The number of aromatic nitrogens is 1. The van der Waals surface area contributed by atoms with Crippen molar-refractivity contribution in [3.05, 3.63) is 17.0 Å². The Morgan fingerprint density at radius 1 is 1.18 bits per heavy atom. The molecule has 1 amide bonds. The van der Waals surface area contributed by atoms with E-state index in [9.17, 15) is 4.79 Å². The molecule has 0 aromatic carbocycles. The number of aryl methyl sites for hydroxylation is 1. The number of hydrogen-bond donors (Lipinski definition) is 1.